The molecule has 0 saturated heterocycles. The fourth-order valence-corrected chi connectivity index (χ4v) is 15.7. The minimum atomic E-state index is -6.74. The Hall–Kier alpha value is -11.7. The van der Waals surface area contributed by atoms with Crippen molar-refractivity contribution in [3.63, 3.8) is 0 Å². The van der Waals surface area contributed by atoms with Crippen molar-refractivity contribution in [2.45, 2.75) is 39.9 Å². The van der Waals surface area contributed by atoms with Gasteiger partial charge in [-0.25, -0.2) is 4.98 Å². The highest BCUT2D eigenvalue weighted by Gasteiger charge is 2.41. The van der Waals surface area contributed by atoms with Crippen LogP contribution < -0.4 is 30.1 Å². The van der Waals surface area contributed by atoms with Gasteiger partial charge < -0.3 is 4.74 Å². The number of pyridine rings is 1. The minimum absolute atomic E-state index is 0.0390. The largest absolute Gasteiger partial charge is 0.458 e. The van der Waals surface area contributed by atoms with Crippen molar-refractivity contribution < 1.29 is 61.4 Å². The maximum Gasteiger partial charge on any atom is 0.269 e. The molecule has 0 spiro atoms. The van der Waals surface area contributed by atoms with E-state index in [-0.39, 0.29) is 44.8 Å². The van der Waals surface area contributed by atoms with E-state index in [1.165, 1.54) is 53.1 Å². The highest BCUT2D eigenvalue weighted by atomic mass is 28.3. The first-order valence-corrected chi connectivity index (χ1v) is 32.0. The van der Waals surface area contributed by atoms with Gasteiger partial charge in [-0.1, -0.05) is 269 Å². The number of aryl methyl sites for hydroxylation is 2. The first kappa shape index (κ1) is 31.0. The van der Waals surface area contributed by atoms with E-state index in [9.17, 15) is 31.5 Å². The SMILES string of the molecule is [2H]c1c([2H])c([2H])c(-c2c([2H])c(-c3cccc(-c4c([2H])c([2H])c([2H])c([Si](c5c([2H])c([2H])c([2H])c([2H])c5[2H])(c5c([2H])c([2H])c([2H])c([2H])c5[2H])c5c([2H])c([2H])c([2H])c([2H])c5[2H])c4[2H])c3-[n+]3[c-]n(-c4cccc(Oc5ccc6c7ccccc7n(-c7cc(C(C)(C)C)ccn7)c6c5)c4)c4cc(-c5c(C([2H])([2H])[2H])cccc5C([2H])([2H])[2H])ccc43)c([2H])c(-c3c([2H])c([2H])c([2H])c([2H])c3[2H])c2[2H])c([2H])c1[2H]. The van der Waals surface area contributed by atoms with Crippen molar-refractivity contribution in [1.82, 2.24) is 14.1 Å². The van der Waals surface area contributed by atoms with Crippen molar-refractivity contribution in [2.24, 2.45) is 0 Å². The van der Waals surface area contributed by atoms with Gasteiger partial charge in [0.25, 0.3) is 6.33 Å². The third-order valence-corrected chi connectivity index (χ3v) is 20.5. The summed E-state index contributed by atoms with van der Waals surface area (Å²) < 4.78 is 373. The molecule has 3 aromatic heterocycles. The lowest BCUT2D eigenvalue weighted by Crippen LogP contribution is -2.74. The van der Waals surface area contributed by atoms with Gasteiger partial charge in [-0.2, -0.15) is 0 Å². The molecule has 5 nitrogen and oxygen atoms in total. The summed E-state index contributed by atoms with van der Waals surface area (Å²) >= 11 is 0. The number of imidazole rings is 1. The van der Waals surface area contributed by atoms with Crippen LogP contribution in [-0.2, 0) is 5.41 Å². The number of hydrogen-bond donors (Lipinski definition) is 0. The average Bonchev–Trinajstić information content (AvgIpc) is 0.699. The highest BCUT2D eigenvalue weighted by molar-refractivity contribution is 7.20. The summed E-state index contributed by atoms with van der Waals surface area (Å²) in [7, 11) is -6.74. The molecule has 96 heavy (non-hydrogen) atoms. The van der Waals surface area contributed by atoms with Crippen molar-refractivity contribution in [1.29, 1.82) is 0 Å². The first-order chi connectivity index (χ1) is 62.8. The number of fused-ring (bicyclic) bond motifs is 4. The molecule has 0 fully saturated rings. The lowest BCUT2D eigenvalue weighted by atomic mass is 9.88. The van der Waals surface area contributed by atoms with E-state index in [1.54, 1.807) is 30.5 Å². The zero-order valence-electron chi connectivity index (χ0n) is 89.0. The number of aromatic nitrogens is 4. The van der Waals surface area contributed by atoms with E-state index in [4.69, 9.17) is 30.3 Å². The lowest BCUT2D eigenvalue weighted by Gasteiger charge is -2.34. The molecule has 0 aliphatic carbocycles. The smallest absolute Gasteiger partial charge is 0.269 e. The van der Waals surface area contributed by atoms with Gasteiger partial charge >= 0.3 is 0 Å². The van der Waals surface area contributed by atoms with Crippen LogP contribution in [0.5, 0.6) is 11.5 Å². The molecule has 0 bridgehead atoms. The maximum atomic E-state index is 11.3. The lowest BCUT2D eigenvalue weighted by molar-refractivity contribution is -0.571. The third kappa shape index (κ3) is 10.7. The molecule has 16 rings (SSSR count). The molecule has 3 heterocycles. The Kier molecular flexibility index (Phi) is 7.97. The van der Waals surface area contributed by atoms with Crippen LogP contribution in [0.3, 0.4) is 0 Å². The molecule has 0 unspecified atom stereocenters. The Morgan fingerprint density at radius 2 is 1.01 bits per heavy atom. The molecule has 0 aliphatic heterocycles. The number of rotatable bonds is 14. The Morgan fingerprint density at radius 3 is 1.66 bits per heavy atom. The Morgan fingerprint density at radius 1 is 0.448 bits per heavy atom. The summed E-state index contributed by atoms with van der Waals surface area (Å²) in [5.41, 5.74) is -7.31. The number of hydrogen-bond acceptors (Lipinski definition) is 2. The molecule has 0 atom stereocenters. The molecular formula is C90H70N4OSi. The molecular weight excluding hydrogens is 1180 g/mol. The topological polar surface area (TPSA) is 35.9 Å². The van der Waals surface area contributed by atoms with Crippen LogP contribution in [0.25, 0.3) is 106 Å². The van der Waals surface area contributed by atoms with E-state index in [0.29, 0.717) is 11.3 Å². The van der Waals surface area contributed by atoms with Crippen LogP contribution >= 0.6 is 0 Å². The summed E-state index contributed by atoms with van der Waals surface area (Å²) in [4.78, 5) is 4.83. The predicted molar refractivity (Wildman–Crippen MR) is 401 cm³/mol. The van der Waals surface area contributed by atoms with Crippen molar-refractivity contribution in [3.8, 4) is 84.3 Å². The zero-order chi connectivity index (χ0) is 97.8. The number of ether oxygens (including phenoxy) is 1. The van der Waals surface area contributed by atoms with E-state index in [2.05, 4.69) is 27.1 Å². The third-order valence-electron chi connectivity index (χ3n) is 16.5. The summed E-state index contributed by atoms with van der Waals surface area (Å²) in [5.74, 6) is 0.912. The van der Waals surface area contributed by atoms with Gasteiger partial charge in [-0.15, -0.1) is 0 Å². The second-order valence-electron chi connectivity index (χ2n) is 23.2. The summed E-state index contributed by atoms with van der Waals surface area (Å²) in [6, 6.07) is -4.54. The van der Waals surface area contributed by atoms with Gasteiger partial charge in [0, 0.05) is 31.3 Å². The molecule has 0 saturated carbocycles. The minimum Gasteiger partial charge on any atom is -0.458 e. The molecule has 16 aromatic rings. The van der Waals surface area contributed by atoms with Crippen molar-refractivity contribution in [2.75, 3.05) is 0 Å². The fraction of sp³-hybridized carbons (Fsp3) is 0.0667. The Labute approximate surface area is 616 Å². The number of benzene rings is 13. The predicted octanol–water partition coefficient (Wildman–Crippen LogP) is 19.6. The van der Waals surface area contributed by atoms with Crippen LogP contribution in [0, 0.1) is 20.0 Å². The molecule has 13 aromatic carbocycles. The second-order valence-corrected chi connectivity index (χ2v) is 26.7. The van der Waals surface area contributed by atoms with Crippen LogP contribution in [-0.4, -0.2) is 22.2 Å². The zero-order valence-corrected chi connectivity index (χ0v) is 52.0. The van der Waals surface area contributed by atoms with E-state index >= 15 is 0 Å². The molecule has 0 radical (unpaired) electrons. The van der Waals surface area contributed by atoms with Crippen LogP contribution in [0.4, 0.5) is 0 Å². The van der Waals surface area contributed by atoms with E-state index < -0.39 is 297 Å². The first-order valence-electron chi connectivity index (χ1n) is 49.0. The summed E-state index contributed by atoms with van der Waals surface area (Å²) in [6.45, 7) is 0.0660. The maximum absolute atomic E-state index is 11.3. The molecule has 0 aliphatic rings. The van der Waals surface area contributed by atoms with E-state index in [1.807, 2.05) is 47.0 Å². The van der Waals surface area contributed by atoms with Gasteiger partial charge in [-0.05, 0) is 185 Å². The van der Waals surface area contributed by atoms with Gasteiger partial charge in [0.05, 0.1) is 77.3 Å². The van der Waals surface area contributed by atoms with Crippen molar-refractivity contribution >= 4 is 61.7 Å². The van der Waals surface area contributed by atoms with Gasteiger partial charge in [0.15, 0.2) is 8.07 Å². The van der Waals surface area contributed by atoms with Crippen LogP contribution in [0.2, 0.25) is 0 Å². The summed E-state index contributed by atoms with van der Waals surface area (Å²) in [6.07, 6.45) is 5.00. The normalized spacial score (nSPS) is 17.7. The molecule has 460 valence electrons. The van der Waals surface area contributed by atoms with Gasteiger partial charge in [0.2, 0.25) is 0 Å². The highest BCUT2D eigenvalue weighted by Crippen LogP contribution is 2.41. The van der Waals surface area contributed by atoms with Crippen molar-refractivity contribution in [3.05, 3.63) is 356 Å². The average molecular weight is 1290 g/mol. The Balaban J connectivity index is 1.12. The molecule has 0 N–H and O–H groups in total. The van der Waals surface area contributed by atoms with Crippen LogP contribution in [0.15, 0.2) is 333 Å². The van der Waals surface area contributed by atoms with E-state index in [0.717, 1.165) is 44.6 Å². The van der Waals surface area contributed by atoms with Crippen LogP contribution in [0.1, 0.15) is 89.6 Å². The fourth-order valence-electron chi connectivity index (χ4n) is 12.1. The second kappa shape index (κ2) is 24.6. The Bertz CT molecular complexity index is 7400. The summed E-state index contributed by atoms with van der Waals surface area (Å²) in [5, 5.41) is -3.29. The van der Waals surface area contributed by atoms with Gasteiger partial charge in [0.1, 0.15) is 17.3 Å². The monoisotopic (exact) mass is 1290 g/mol. The number of para-hydroxylation sites is 2. The van der Waals surface area contributed by atoms with Gasteiger partial charge in [-0.3, -0.25) is 13.7 Å². The quantitative estimate of drug-likeness (QED) is 0.0471. The molecule has 6 heteroatoms. The molecule has 0 amide bonds. The number of nitrogens with zero attached hydrogens (tertiary/aromatic N) is 4. The standard InChI is InChI=1S/C90H70N4OSi/c1-62-27-23-28-63(2)88(62)67-47-50-84-86(57-67)92(72-34-25-35-73(59-72)95-74-48-49-82-81-43-21-22-46-83(81)94(85(82)60-74)87-58-71(51-52-91-87)90(3,4)5)61-93(84)89-79(44-26-45-80(89)70-54-68(64-29-11-6-12-30-64)53-69(55-70)65-31-13-7-14-32-65)66-33-24-42-78(56-66)96(75-36-15-8-16-37-75,76-38-17-9-18-39-76)77-40-19-10-20-41-77/h6-60H,1-5H3/i1D3,2D3,6D,7D,8D,9D,10D,11D,12D,13D,14D,15D,16D,17D,18D,19D,20D,24D,29D,30D,31D,32D,33D,36D,37D,38D,39D,40D,41D,42D,53D,54D,55D,56D.